The maximum absolute atomic E-state index is 12.4. The van der Waals surface area contributed by atoms with Crippen LogP contribution in [0.2, 0.25) is 5.02 Å². The van der Waals surface area contributed by atoms with E-state index in [0.29, 0.717) is 5.56 Å². The Hall–Kier alpha value is -1.23. The summed E-state index contributed by atoms with van der Waals surface area (Å²) < 4.78 is 24.7. The van der Waals surface area contributed by atoms with Gasteiger partial charge in [-0.05, 0) is 18.6 Å². The van der Waals surface area contributed by atoms with Crippen LogP contribution in [0.4, 0.5) is 14.5 Å². The van der Waals surface area contributed by atoms with Crippen LogP contribution in [0.25, 0.3) is 0 Å². The second kappa shape index (κ2) is 3.88. The monoisotopic (exact) mass is 221 g/mol. The molecule has 0 spiro atoms. The minimum Gasteiger partial charge on any atom is -0.258 e. The van der Waals surface area contributed by atoms with Gasteiger partial charge in [0.1, 0.15) is 0 Å². The fourth-order valence-electron chi connectivity index (χ4n) is 1.03. The summed E-state index contributed by atoms with van der Waals surface area (Å²) in [6, 6.07) is 1.98. The third-order valence-corrected chi connectivity index (χ3v) is 2.15. The number of rotatable bonds is 2. The zero-order chi connectivity index (χ0) is 10.9. The fourth-order valence-corrected chi connectivity index (χ4v) is 1.18. The number of nitro groups is 1. The van der Waals surface area contributed by atoms with Gasteiger partial charge in [0.15, 0.2) is 0 Å². The summed E-state index contributed by atoms with van der Waals surface area (Å²) in [7, 11) is 0. The summed E-state index contributed by atoms with van der Waals surface area (Å²) in [5, 5.41) is 10.5. The molecule has 0 saturated heterocycles. The molecule has 76 valence electrons. The predicted molar refractivity (Wildman–Crippen MR) is 47.8 cm³/mol. The van der Waals surface area contributed by atoms with E-state index in [1.165, 1.54) is 6.92 Å². The Morgan fingerprint density at radius 2 is 2.07 bits per heavy atom. The zero-order valence-electron chi connectivity index (χ0n) is 7.13. The average Bonchev–Trinajstić information content (AvgIpc) is 2.08. The molecule has 0 atom stereocenters. The lowest BCUT2D eigenvalue weighted by Gasteiger charge is -2.04. The molecular formula is C8H6ClF2NO2. The summed E-state index contributed by atoms with van der Waals surface area (Å²) >= 11 is 5.59. The van der Waals surface area contributed by atoms with Crippen LogP contribution >= 0.6 is 11.6 Å². The SMILES string of the molecule is Cc1cc(C(F)F)c([N+](=O)[O-])cc1Cl. The summed E-state index contributed by atoms with van der Waals surface area (Å²) in [5.41, 5.74) is -0.847. The van der Waals surface area contributed by atoms with E-state index in [2.05, 4.69) is 0 Å². The minimum atomic E-state index is -2.87. The van der Waals surface area contributed by atoms with Gasteiger partial charge >= 0.3 is 0 Å². The number of aryl methyl sites for hydroxylation is 1. The van der Waals surface area contributed by atoms with Gasteiger partial charge in [-0.2, -0.15) is 0 Å². The van der Waals surface area contributed by atoms with Gasteiger partial charge in [0, 0.05) is 6.07 Å². The number of hydrogen-bond donors (Lipinski definition) is 0. The molecule has 0 N–H and O–H groups in total. The number of nitro benzene ring substituents is 1. The van der Waals surface area contributed by atoms with E-state index < -0.39 is 22.6 Å². The summed E-state index contributed by atoms with van der Waals surface area (Å²) in [6.45, 7) is 1.51. The minimum absolute atomic E-state index is 0.112. The van der Waals surface area contributed by atoms with Crippen LogP contribution in [-0.2, 0) is 0 Å². The van der Waals surface area contributed by atoms with E-state index in [9.17, 15) is 18.9 Å². The molecule has 0 aliphatic heterocycles. The highest BCUT2D eigenvalue weighted by atomic mass is 35.5. The quantitative estimate of drug-likeness (QED) is 0.567. The van der Waals surface area contributed by atoms with Gasteiger partial charge in [-0.15, -0.1) is 0 Å². The molecule has 0 aromatic heterocycles. The van der Waals surface area contributed by atoms with Crippen LogP contribution in [0.15, 0.2) is 12.1 Å². The van der Waals surface area contributed by atoms with Crippen LogP contribution in [0.1, 0.15) is 17.6 Å². The van der Waals surface area contributed by atoms with E-state index in [0.717, 1.165) is 12.1 Å². The maximum atomic E-state index is 12.4. The van der Waals surface area contributed by atoms with Gasteiger partial charge in [0.05, 0.1) is 15.5 Å². The molecule has 0 radical (unpaired) electrons. The molecule has 14 heavy (non-hydrogen) atoms. The first-order valence-electron chi connectivity index (χ1n) is 3.66. The van der Waals surface area contributed by atoms with Crippen molar-refractivity contribution in [3.05, 3.63) is 38.4 Å². The lowest BCUT2D eigenvalue weighted by atomic mass is 10.1. The van der Waals surface area contributed by atoms with Crippen LogP contribution in [-0.4, -0.2) is 4.92 Å². The second-order valence-electron chi connectivity index (χ2n) is 2.72. The van der Waals surface area contributed by atoms with E-state index in [4.69, 9.17) is 11.6 Å². The zero-order valence-corrected chi connectivity index (χ0v) is 7.89. The molecule has 0 aliphatic carbocycles. The summed E-state index contributed by atoms with van der Waals surface area (Å²) in [6.07, 6.45) is -2.87. The topological polar surface area (TPSA) is 43.1 Å². The molecule has 0 amide bonds. The van der Waals surface area contributed by atoms with Gasteiger partial charge in [0.2, 0.25) is 0 Å². The van der Waals surface area contributed by atoms with Crippen molar-refractivity contribution in [3.8, 4) is 0 Å². The number of hydrogen-bond acceptors (Lipinski definition) is 2. The molecule has 1 aromatic rings. The summed E-state index contributed by atoms with van der Waals surface area (Å²) in [5.74, 6) is 0. The normalized spacial score (nSPS) is 10.6. The average molecular weight is 222 g/mol. The van der Waals surface area contributed by atoms with Gasteiger partial charge in [-0.3, -0.25) is 10.1 Å². The first kappa shape index (κ1) is 10.8. The standard InChI is InChI=1S/C8H6ClF2NO2/c1-4-2-5(8(10)11)7(12(13)14)3-6(4)9/h2-3,8H,1H3. The molecule has 0 fully saturated rings. The van der Waals surface area contributed by atoms with E-state index in [1.54, 1.807) is 0 Å². The molecule has 1 rings (SSSR count). The molecular weight excluding hydrogens is 216 g/mol. The number of nitrogens with zero attached hydrogens (tertiary/aromatic N) is 1. The number of halogens is 3. The van der Waals surface area contributed by atoms with Crippen molar-refractivity contribution in [1.29, 1.82) is 0 Å². The Kier molecular flexibility index (Phi) is 3.00. The molecule has 1 aromatic carbocycles. The number of benzene rings is 1. The highest BCUT2D eigenvalue weighted by Gasteiger charge is 2.22. The molecule has 0 bridgehead atoms. The number of alkyl halides is 2. The van der Waals surface area contributed by atoms with Gasteiger partial charge in [0.25, 0.3) is 12.1 Å². The van der Waals surface area contributed by atoms with Crippen LogP contribution in [0.5, 0.6) is 0 Å². The first-order valence-corrected chi connectivity index (χ1v) is 4.04. The van der Waals surface area contributed by atoms with Crippen molar-refractivity contribution in [2.75, 3.05) is 0 Å². The van der Waals surface area contributed by atoms with Crippen molar-refractivity contribution < 1.29 is 13.7 Å². The molecule has 6 heteroatoms. The molecule has 0 heterocycles. The Morgan fingerprint density at radius 1 is 1.50 bits per heavy atom. The Balaban J connectivity index is 3.39. The van der Waals surface area contributed by atoms with Crippen LogP contribution in [0, 0.1) is 17.0 Å². The van der Waals surface area contributed by atoms with Gasteiger partial charge < -0.3 is 0 Å². The van der Waals surface area contributed by atoms with Crippen molar-refractivity contribution in [2.24, 2.45) is 0 Å². The van der Waals surface area contributed by atoms with E-state index >= 15 is 0 Å². The van der Waals surface area contributed by atoms with Crippen LogP contribution < -0.4 is 0 Å². The highest BCUT2D eigenvalue weighted by molar-refractivity contribution is 6.31. The second-order valence-corrected chi connectivity index (χ2v) is 3.13. The van der Waals surface area contributed by atoms with Crippen molar-refractivity contribution in [1.82, 2.24) is 0 Å². The molecule has 0 aliphatic rings. The lowest BCUT2D eigenvalue weighted by Crippen LogP contribution is -1.97. The van der Waals surface area contributed by atoms with Crippen molar-refractivity contribution >= 4 is 17.3 Å². The van der Waals surface area contributed by atoms with Gasteiger partial charge in [-0.25, -0.2) is 8.78 Å². The fraction of sp³-hybridized carbons (Fsp3) is 0.250. The lowest BCUT2D eigenvalue weighted by molar-refractivity contribution is -0.386. The largest absolute Gasteiger partial charge is 0.279 e. The van der Waals surface area contributed by atoms with E-state index in [-0.39, 0.29) is 5.02 Å². The third kappa shape index (κ3) is 1.98. The molecule has 3 nitrogen and oxygen atoms in total. The maximum Gasteiger partial charge on any atom is 0.279 e. The molecule has 0 saturated carbocycles. The Labute approximate surface area is 83.4 Å². The van der Waals surface area contributed by atoms with Gasteiger partial charge in [-0.1, -0.05) is 11.6 Å². The smallest absolute Gasteiger partial charge is 0.258 e. The Morgan fingerprint density at radius 3 is 2.50 bits per heavy atom. The van der Waals surface area contributed by atoms with Crippen molar-refractivity contribution in [3.63, 3.8) is 0 Å². The van der Waals surface area contributed by atoms with Crippen molar-refractivity contribution in [2.45, 2.75) is 13.3 Å². The molecule has 0 unspecified atom stereocenters. The predicted octanol–water partition coefficient (Wildman–Crippen LogP) is 3.49. The summed E-state index contributed by atoms with van der Waals surface area (Å²) in [4.78, 5) is 9.54. The first-order chi connectivity index (χ1) is 6.43. The van der Waals surface area contributed by atoms with Crippen LogP contribution in [0.3, 0.4) is 0 Å². The third-order valence-electron chi connectivity index (χ3n) is 1.74. The highest BCUT2D eigenvalue weighted by Crippen LogP contribution is 2.33. The van der Waals surface area contributed by atoms with E-state index in [1.807, 2.05) is 0 Å². The Bertz CT molecular complexity index is 382.